The summed E-state index contributed by atoms with van der Waals surface area (Å²) in [6.07, 6.45) is 2.13. The van der Waals surface area contributed by atoms with Crippen molar-refractivity contribution in [3.8, 4) is 0 Å². The van der Waals surface area contributed by atoms with Gasteiger partial charge in [-0.15, -0.1) is 0 Å². The van der Waals surface area contributed by atoms with Crippen molar-refractivity contribution in [3.63, 3.8) is 0 Å². The second-order valence-corrected chi connectivity index (χ2v) is 4.29. The summed E-state index contributed by atoms with van der Waals surface area (Å²) < 4.78 is 0. The molecular formula is C11H15ClN2. The average Bonchev–Trinajstić information content (AvgIpc) is 2.29. The molecule has 1 aliphatic rings. The number of aryl methyl sites for hydroxylation is 1. The van der Waals surface area contributed by atoms with Crippen molar-refractivity contribution in [1.29, 1.82) is 0 Å². The van der Waals surface area contributed by atoms with Crippen LogP contribution in [0.3, 0.4) is 0 Å². The van der Waals surface area contributed by atoms with E-state index in [0.717, 1.165) is 35.7 Å². The number of hydrogen-bond acceptors (Lipinski definition) is 2. The summed E-state index contributed by atoms with van der Waals surface area (Å²) >= 11 is 6.17. The fourth-order valence-electron chi connectivity index (χ4n) is 1.94. The third-order valence-corrected chi connectivity index (χ3v) is 2.96. The molecule has 0 aromatic heterocycles. The van der Waals surface area contributed by atoms with Crippen molar-refractivity contribution in [3.05, 3.63) is 28.3 Å². The summed E-state index contributed by atoms with van der Waals surface area (Å²) in [6, 6.07) is 4.23. The summed E-state index contributed by atoms with van der Waals surface area (Å²) in [7, 11) is 0. The first-order valence-corrected chi connectivity index (χ1v) is 5.36. The fourth-order valence-corrected chi connectivity index (χ4v) is 2.29. The first-order valence-electron chi connectivity index (χ1n) is 4.98. The van der Waals surface area contributed by atoms with Crippen LogP contribution in [0.1, 0.15) is 30.0 Å². The van der Waals surface area contributed by atoms with Crippen LogP contribution in [-0.2, 0) is 0 Å². The van der Waals surface area contributed by atoms with E-state index in [0.29, 0.717) is 0 Å². The quantitative estimate of drug-likeness (QED) is 0.691. The Labute approximate surface area is 89.4 Å². The molecule has 0 saturated carbocycles. The van der Waals surface area contributed by atoms with E-state index in [1.54, 1.807) is 0 Å². The molecule has 0 bridgehead atoms. The number of nitrogens with one attached hydrogen (secondary N) is 1. The Morgan fingerprint density at radius 2 is 2.29 bits per heavy atom. The number of halogens is 1. The molecule has 0 saturated heterocycles. The van der Waals surface area contributed by atoms with Crippen LogP contribution in [0.15, 0.2) is 12.1 Å². The van der Waals surface area contributed by atoms with Gasteiger partial charge >= 0.3 is 0 Å². The molecule has 1 unspecified atom stereocenters. The maximum Gasteiger partial charge on any atom is 0.0643 e. The molecule has 1 heterocycles. The van der Waals surface area contributed by atoms with Gasteiger partial charge in [0.15, 0.2) is 0 Å². The maximum absolute atomic E-state index is 6.17. The third kappa shape index (κ3) is 1.72. The van der Waals surface area contributed by atoms with Gasteiger partial charge in [-0.25, -0.2) is 0 Å². The lowest BCUT2D eigenvalue weighted by molar-refractivity contribution is 0.642. The van der Waals surface area contributed by atoms with Gasteiger partial charge in [0, 0.05) is 12.6 Å². The van der Waals surface area contributed by atoms with Crippen LogP contribution in [0, 0.1) is 6.92 Å². The Hall–Kier alpha value is -0.730. The minimum atomic E-state index is 0.123. The van der Waals surface area contributed by atoms with Crippen molar-refractivity contribution >= 4 is 17.3 Å². The predicted molar refractivity (Wildman–Crippen MR) is 60.8 cm³/mol. The van der Waals surface area contributed by atoms with Crippen LogP contribution in [-0.4, -0.2) is 6.54 Å². The highest BCUT2D eigenvalue weighted by Gasteiger charge is 2.17. The molecule has 2 rings (SSSR count). The summed E-state index contributed by atoms with van der Waals surface area (Å²) in [5.74, 6) is 0. The highest BCUT2D eigenvalue weighted by molar-refractivity contribution is 6.33. The van der Waals surface area contributed by atoms with E-state index in [2.05, 4.69) is 11.4 Å². The van der Waals surface area contributed by atoms with Crippen LogP contribution in [0.2, 0.25) is 5.02 Å². The Balaban J connectivity index is 2.53. The number of rotatable bonds is 0. The van der Waals surface area contributed by atoms with E-state index in [1.165, 1.54) is 5.56 Å². The molecule has 76 valence electrons. The molecule has 3 heteroatoms. The Morgan fingerprint density at radius 3 is 3.07 bits per heavy atom. The van der Waals surface area contributed by atoms with Gasteiger partial charge < -0.3 is 11.1 Å². The monoisotopic (exact) mass is 210 g/mol. The van der Waals surface area contributed by atoms with Gasteiger partial charge in [0.05, 0.1) is 10.7 Å². The zero-order chi connectivity index (χ0) is 10.1. The van der Waals surface area contributed by atoms with Gasteiger partial charge in [-0.2, -0.15) is 0 Å². The standard InChI is InChI=1S/C11H15ClN2/c1-7-5-8-10(13)3-2-4-14-11(8)9(12)6-7/h5-6,10,14H,2-4,13H2,1H3. The molecule has 0 spiro atoms. The lowest BCUT2D eigenvalue weighted by Crippen LogP contribution is -2.09. The van der Waals surface area contributed by atoms with E-state index in [-0.39, 0.29) is 6.04 Å². The van der Waals surface area contributed by atoms with Crippen molar-refractivity contribution in [2.75, 3.05) is 11.9 Å². The lowest BCUT2D eigenvalue weighted by Gasteiger charge is -2.14. The highest BCUT2D eigenvalue weighted by Crippen LogP contribution is 2.34. The van der Waals surface area contributed by atoms with Crippen LogP contribution < -0.4 is 11.1 Å². The minimum absolute atomic E-state index is 0.123. The molecule has 1 atom stereocenters. The van der Waals surface area contributed by atoms with Crippen molar-refractivity contribution < 1.29 is 0 Å². The third-order valence-electron chi connectivity index (χ3n) is 2.66. The molecule has 1 aliphatic heterocycles. The normalized spacial score (nSPS) is 20.9. The summed E-state index contributed by atoms with van der Waals surface area (Å²) in [5, 5.41) is 4.13. The van der Waals surface area contributed by atoms with Crippen LogP contribution in [0.25, 0.3) is 0 Å². The number of anilines is 1. The van der Waals surface area contributed by atoms with E-state index in [4.69, 9.17) is 17.3 Å². The molecule has 2 nitrogen and oxygen atoms in total. The van der Waals surface area contributed by atoms with Gasteiger partial charge in [0.1, 0.15) is 0 Å². The SMILES string of the molecule is Cc1cc(Cl)c2c(c1)C(N)CCCN2. The minimum Gasteiger partial charge on any atom is -0.384 e. The molecular weight excluding hydrogens is 196 g/mol. The zero-order valence-corrected chi connectivity index (χ0v) is 9.06. The summed E-state index contributed by atoms with van der Waals surface area (Å²) in [4.78, 5) is 0. The smallest absolute Gasteiger partial charge is 0.0643 e. The number of benzene rings is 1. The predicted octanol–water partition coefficient (Wildman–Crippen LogP) is 2.85. The zero-order valence-electron chi connectivity index (χ0n) is 8.31. The second kappa shape index (κ2) is 3.79. The topological polar surface area (TPSA) is 38.0 Å². The van der Waals surface area contributed by atoms with E-state index in [9.17, 15) is 0 Å². The van der Waals surface area contributed by atoms with Gasteiger partial charge in [-0.3, -0.25) is 0 Å². The Bertz CT molecular complexity index is 349. The first-order chi connectivity index (χ1) is 6.68. The summed E-state index contributed by atoms with van der Waals surface area (Å²) in [6.45, 7) is 3.01. The van der Waals surface area contributed by atoms with Crippen LogP contribution in [0.4, 0.5) is 5.69 Å². The van der Waals surface area contributed by atoms with Crippen molar-refractivity contribution in [1.82, 2.24) is 0 Å². The fraction of sp³-hybridized carbons (Fsp3) is 0.455. The Morgan fingerprint density at radius 1 is 1.50 bits per heavy atom. The molecule has 3 N–H and O–H groups in total. The van der Waals surface area contributed by atoms with Gasteiger partial charge in [0.2, 0.25) is 0 Å². The van der Waals surface area contributed by atoms with Gasteiger partial charge in [-0.05, 0) is 37.0 Å². The molecule has 0 amide bonds. The molecule has 0 aliphatic carbocycles. The molecule has 14 heavy (non-hydrogen) atoms. The van der Waals surface area contributed by atoms with E-state index >= 15 is 0 Å². The molecule has 0 radical (unpaired) electrons. The van der Waals surface area contributed by atoms with Crippen LogP contribution in [0.5, 0.6) is 0 Å². The largest absolute Gasteiger partial charge is 0.384 e. The molecule has 0 fully saturated rings. The number of hydrogen-bond donors (Lipinski definition) is 2. The lowest BCUT2D eigenvalue weighted by atomic mass is 10.0. The van der Waals surface area contributed by atoms with Gasteiger partial charge in [-0.1, -0.05) is 17.7 Å². The van der Waals surface area contributed by atoms with Crippen molar-refractivity contribution in [2.45, 2.75) is 25.8 Å². The van der Waals surface area contributed by atoms with E-state index < -0.39 is 0 Å². The first kappa shape index (κ1) is 9.81. The maximum atomic E-state index is 6.17. The van der Waals surface area contributed by atoms with Crippen molar-refractivity contribution in [2.24, 2.45) is 5.73 Å². The van der Waals surface area contributed by atoms with Crippen LogP contribution >= 0.6 is 11.6 Å². The Kier molecular flexibility index (Phi) is 2.66. The average molecular weight is 211 g/mol. The summed E-state index contributed by atoms with van der Waals surface area (Å²) in [5.41, 5.74) is 9.45. The molecule has 1 aromatic carbocycles. The second-order valence-electron chi connectivity index (χ2n) is 3.89. The number of nitrogens with two attached hydrogens (primary N) is 1. The molecule has 1 aromatic rings. The van der Waals surface area contributed by atoms with E-state index in [1.807, 2.05) is 13.0 Å². The highest BCUT2D eigenvalue weighted by atomic mass is 35.5. The van der Waals surface area contributed by atoms with Gasteiger partial charge in [0.25, 0.3) is 0 Å². The number of fused-ring (bicyclic) bond motifs is 1.